The fraction of sp³-hybridized carbons (Fsp3) is 0.652. The third-order valence-electron chi connectivity index (χ3n) is 8.39. The van der Waals surface area contributed by atoms with Crippen LogP contribution in [0.3, 0.4) is 0 Å². The first-order valence-corrected chi connectivity index (χ1v) is 15.6. The predicted molar refractivity (Wildman–Crippen MR) is 127 cm³/mol. The Balaban J connectivity index is 0.00000267. The van der Waals surface area contributed by atoms with Gasteiger partial charge in [0.05, 0.1) is 6.10 Å². The van der Waals surface area contributed by atoms with Crippen molar-refractivity contribution in [2.24, 2.45) is 17.3 Å². The Kier molecular flexibility index (Phi) is 12.4. The van der Waals surface area contributed by atoms with Gasteiger partial charge >= 0.3 is 65.2 Å². The quantitative estimate of drug-likeness (QED) is 0.148. The molecule has 3 aliphatic rings. The number of aliphatic hydroxyl groups excluding tert-OH is 1. The molecule has 16 heteroatoms. The van der Waals surface area contributed by atoms with E-state index in [-0.39, 0.29) is 77.2 Å². The minimum atomic E-state index is -5.61. The average Bonchev–Trinajstić information content (AvgIpc) is 3.10. The van der Waals surface area contributed by atoms with E-state index in [9.17, 15) is 33.6 Å². The van der Waals surface area contributed by atoms with Crippen molar-refractivity contribution < 1.29 is 107 Å². The average molecular weight is 604 g/mol. The molecule has 0 aromatic heterocycles. The van der Waals surface area contributed by atoms with Crippen molar-refractivity contribution >= 4 is 27.2 Å². The van der Waals surface area contributed by atoms with Gasteiger partial charge in [-0.3, -0.25) is 4.79 Å². The second-order valence-corrected chi connectivity index (χ2v) is 14.2. The van der Waals surface area contributed by atoms with Gasteiger partial charge in [0.2, 0.25) is 5.91 Å². The van der Waals surface area contributed by atoms with Crippen LogP contribution in [-0.2, 0) is 20.3 Å². The van der Waals surface area contributed by atoms with Crippen molar-refractivity contribution in [3.63, 3.8) is 0 Å². The van der Waals surface area contributed by atoms with Crippen molar-refractivity contribution in [2.75, 3.05) is 6.54 Å². The molecule has 2 unspecified atom stereocenters. The van der Waals surface area contributed by atoms with E-state index in [2.05, 4.69) is 12.2 Å². The van der Waals surface area contributed by atoms with Crippen molar-refractivity contribution in [3.8, 4) is 5.75 Å². The zero-order chi connectivity index (χ0) is 27.2. The van der Waals surface area contributed by atoms with Crippen LogP contribution in [0.1, 0.15) is 62.5 Å². The summed E-state index contributed by atoms with van der Waals surface area (Å²) in [6.07, 6.45) is 4.17. The molecule has 0 saturated heterocycles. The van der Waals surface area contributed by atoms with E-state index in [1.54, 1.807) is 6.07 Å². The molecule has 0 aliphatic heterocycles. The van der Waals surface area contributed by atoms with E-state index in [0.29, 0.717) is 23.5 Å². The molecule has 2 amide bonds. The molecule has 1 aromatic rings. The maximum Gasteiger partial charge on any atom is 1.00 e. The minimum Gasteiger partial charge on any atom is -0.777 e. The summed E-state index contributed by atoms with van der Waals surface area (Å²) in [5, 5.41) is 14.3. The van der Waals surface area contributed by atoms with Crippen molar-refractivity contribution in [1.29, 1.82) is 0 Å². The fourth-order valence-electron chi connectivity index (χ4n) is 6.58. The first kappa shape index (κ1) is 35.4. The van der Waals surface area contributed by atoms with Crippen molar-refractivity contribution in [3.05, 3.63) is 29.3 Å². The molecule has 0 heterocycles. The topological polar surface area (TPSA) is 208 Å². The first-order valence-electron chi connectivity index (χ1n) is 12.3. The molecule has 0 bridgehead atoms. The van der Waals surface area contributed by atoms with E-state index in [0.717, 1.165) is 44.1 Å². The van der Waals surface area contributed by atoms with E-state index < -0.39 is 39.1 Å². The van der Waals surface area contributed by atoms with Gasteiger partial charge in [0.1, 0.15) is 5.75 Å². The molecular formula is C23H32N2Na2O10P2. The van der Waals surface area contributed by atoms with Crippen LogP contribution < -0.4 is 84.3 Å². The van der Waals surface area contributed by atoms with Crippen molar-refractivity contribution in [1.82, 2.24) is 10.6 Å². The van der Waals surface area contributed by atoms with Crippen LogP contribution in [0.25, 0.3) is 0 Å². The minimum absolute atomic E-state index is 0. The SMILES string of the molecule is C[C@]12CC[C@@H]3c4ccc(OC(=O)NCCC(=O)NC(P(=O)([O-])O)P(=O)([O-])O)cc4CC[C@H]3[C@@H]1CC[C@@H]2O.[Na+].[Na+]. The Labute approximate surface area is 271 Å². The third-order valence-corrected chi connectivity index (χ3v) is 11.6. The Morgan fingerprint density at radius 2 is 1.79 bits per heavy atom. The maximum absolute atomic E-state index is 12.2. The summed E-state index contributed by atoms with van der Waals surface area (Å²) in [7, 11) is -11.2. The predicted octanol–water partition coefficient (Wildman–Crippen LogP) is -5.12. The molecule has 39 heavy (non-hydrogen) atoms. The van der Waals surface area contributed by atoms with Crippen LogP contribution in [0.2, 0.25) is 0 Å². The Morgan fingerprint density at radius 3 is 2.44 bits per heavy atom. The zero-order valence-corrected chi connectivity index (χ0v) is 28.2. The van der Waals surface area contributed by atoms with E-state index in [1.165, 1.54) is 10.9 Å². The second-order valence-electron chi connectivity index (χ2n) is 10.5. The van der Waals surface area contributed by atoms with E-state index in [4.69, 9.17) is 14.5 Å². The molecular weight excluding hydrogens is 572 g/mol. The number of hydrogen-bond donors (Lipinski definition) is 5. The number of nitrogens with one attached hydrogen (secondary N) is 2. The Hall–Kier alpha value is 0.220. The number of carbonyl (C=O) groups is 2. The molecule has 4 rings (SSSR count). The number of rotatable bonds is 7. The molecule has 12 nitrogen and oxygen atoms in total. The smallest absolute Gasteiger partial charge is 0.777 e. The molecule has 206 valence electrons. The van der Waals surface area contributed by atoms with Crippen molar-refractivity contribution in [2.45, 2.75) is 69.4 Å². The van der Waals surface area contributed by atoms with Gasteiger partial charge in [-0.25, -0.2) is 4.79 Å². The molecule has 5 N–H and O–H groups in total. The number of ether oxygens (including phenoxy) is 1. The number of amides is 2. The van der Waals surface area contributed by atoms with Gasteiger partial charge in [0, 0.05) is 13.0 Å². The summed E-state index contributed by atoms with van der Waals surface area (Å²) >= 11 is 0. The number of benzene rings is 1. The van der Waals surface area contributed by atoms with Crippen LogP contribution in [0.15, 0.2) is 18.2 Å². The summed E-state index contributed by atoms with van der Waals surface area (Å²) in [6, 6.07) is 5.54. The maximum atomic E-state index is 12.2. The van der Waals surface area contributed by atoms with Gasteiger partial charge in [0.15, 0.2) is 20.7 Å². The van der Waals surface area contributed by atoms with Crippen LogP contribution in [0.5, 0.6) is 5.75 Å². The molecule has 1 aromatic carbocycles. The monoisotopic (exact) mass is 604 g/mol. The second kappa shape index (κ2) is 13.7. The fourth-order valence-corrected chi connectivity index (χ4v) is 8.67. The van der Waals surface area contributed by atoms with Crippen LogP contribution >= 0.6 is 15.2 Å². The Morgan fingerprint density at radius 1 is 1.13 bits per heavy atom. The summed E-state index contributed by atoms with van der Waals surface area (Å²) < 4.78 is 27.5. The summed E-state index contributed by atoms with van der Waals surface area (Å²) in [4.78, 5) is 64.0. The number of aryl methyl sites for hydroxylation is 1. The van der Waals surface area contributed by atoms with E-state index >= 15 is 0 Å². The summed E-state index contributed by atoms with van der Waals surface area (Å²) in [6.45, 7) is 1.91. The molecule has 2 saturated carbocycles. The van der Waals surface area contributed by atoms with Gasteiger partial charge in [-0.1, -0.05) is 13.0 Å². The van der Waals surface area contributed by atoms with Crippen LogP contribution in [0.4, 0.5) is 4.79 Å². The molecule has 0 radical (unpaired) electrons. The van der Waals surface area contributed by atoms with E-state index in [1.807, 2.05) is 12.1 Å². The molecule has 3 aliphatic carbocycles. The third kappa shape index (κ3) is 7.99. The van der Waals surface area contributed by atoms with Gasteiger partial charge in [0.25, 0.3) is 0 Å². The van der Waals surface area contributed by atoms with Crippen LogP contribution in [-0.4, -0.2) is 45.1 Å². The first-order chi connectivity index (χ1) is 17.2. The van der Waals surface area contributed by atoms with Crippen LogP contribution in [0, 0.1) is 17.3 Å². The van der Waals surface area contributed by atoms with Gasteiger partial charge in [-0.05, 0) is 85.0 Å². The number of fused-ring (bicyclic) bond motifs is 5. The molecule has 0 spiro atoms. The van der Waals surface area contributed by atoms with Gasteiger partial charge in [-0.15, -0.1) is 0 Å². The number of aliphatic hydroxyl groups is 1. The number of carbonyl (C=O) groups excluding carboxylic acids is 2. The molecule has 7 atom stereocenters. The summed E-state index contributed by atoms with van der Waals surface area (Å²) in [5.74, 6) is 0.661. The molecule has 2 fully saturated rings. The Bertz CT molecular complexity index is 1140. The van der Waals surface area contributed by atoms with Gasteiger partial charge in [-0.2, -0.15) is 0 Å². The standard InChI is InChI=1S/C23H34N2O10P2.2Na/c1-23-10-8-16-15-5-3-14(12-13(15)2-4-17(16)18(23)6-7-19(23)26)35-21(28)24-11-9-20(27)25-22(36(29,30)31)37(32,33)34;;/h3,5,12,16-19,22,26H,2,4,6-11H2,1H3,(H,24,28)(H,25,27)(H2,29,30,31)(H2,32,33,34);;/q;2*+1/p-2/t16-,17-,18+,19+,23+;;/m1../s1. The largest absolute Gasteiger partial charge is 1.00 e. The normalized spacial score (nSPS) is 30.8. The van der Waals surface area contributed by atoms with Gasteiger partial charge < -0.3 is 49.2 Å². The zero-order valence-electron chi connectivity index (χ0n) is 22.4. The number of hydrogen-bond acceptors (Lipinski definition) is 8. The summed E-state index contributed by atoms with van der Waals surface area (Å²) in [5.41, 5.74) is -0.489.